The number of carbonyl (C=O) groups is 2. The third-order valence-electron chi connectivity index (χ3n) is 4.81. The molecule has 0 atom stereocenters. The van der Waals surface area contributed by atoms with Gasteiger partial charge in [0.05, 0.1) is 17.3 Å². The summed E-state index contributed by atoms with van der Waals surface area (Å²) in [6.07, 6.45) is 1.44. The van der Waals surface area contributed by atoms with E-state index >= 15 is 0 Å². The van der Waals surface area contributed by atoms with Gasteiger partial charge in [-0.1, -0.05) is 46.9 Å². The Morgan fingerprint density at radius 1 is 0.973 bits per heavy atom. The van der Waals surface area contributed by atoms with E-state index in [9.17, 15) is 9.59 Å². The summed E-state index contributed by atoms with van der Waals surface area (Å²) < 4.78 is 12.3. The Hall–Kier alpha value is -2.78. The first-order valence-electron chi connectivity index (χ1n) is 11.2. The van der Waals surface area contributed by atoms with Crippen LogP contribution in [-0.4, -0.2) is 24.6 Å². The van der Waals surface area contributed by atoms with Crippen LogP contribution in [0.1, 0.15) is 30.9 Å². The third kappa shape index (κ3) is 9.23. The fourth-order valence-electron chi connectivity index (χ4n) is 3.11. The topological polar surface area (TPSA) is 89.0 Å². The van der Waals surface area contributed by atoms with E-state index in [-0.39, 0.29) is 25.4 Å². The number of hydrazone groups is 1. The zero-order valence-corrected chi connectivity index (χ0v) is 23.5. The second kappa shape index (κ2) is 14.2. The summed E-state index contributed by atoms with van der Waals surface area (Å²) >= 11 is 21.6. The van der Waals surface area contributed by atoms with Crippen LogP contribution in [0, 0.1) is 0 Å². The molecular weight excluding hydrogens is 605 g/mol. The molecule has 0 aromatic heterocycles. The van der Waals surface area contributed by atoms with Crippen molar-refractivity contribution in [3.05, 3.63) is 85.3 Å². The number of nitrogens with one attached hydrogen (secondary N) is 2. The van der Waals surface area contributed by atoms with Gasteiger partial charge in [-0.25, -0.2) is 5.43 Å². The molecule has 0 aliphatic heterocycles. The molecule has 3 rings (SSSR count). The number of hydrogen-bond donors (Lipinski definition) is 2. The highest BCUT2D eigenvalue weighted by Crippen LogP contribution is 2.37. The molecule has 0 aliphatic rings. The lowest BCUT2D eigenvalue weighted by Crippen LogP contribution is -2.20. The zero-order valence-electron chi connectivity index (χ0n) is 19.7. The van der Waals surface area contributed by atoms with Gasteiger partial charge in [0, 0.05) is 39.2 Å². The van der Waals surface area contributed by atoms with Gasteiger partial charge < -0.3 is 14.8 Å². The molecule has 0 spiro atoms. The number of benzene rings is 3. The van der Waals surface area contributed by atoms with E-state index in [1.165, 1.54) is 6.21 Å². The van der Waals surface area contributed by atoms with Gasteiger partial charge in [0.1, 0.15) is 6.61 Å². The molecule has 3 aromatic rings. The first-order valence-corrected chi connectivity index (χ1v) is 13.1. The van der Waals surface area contributed by atoms with Crippen LogP contribution in [0.3, 0.4) is 0 Å². The average Bonchev–Trinajstić information content (AvgIpc) is 2.83. The molecule has 0 saturated carbocycles. The molecule has 2 amide bonds. The summed E-state index contributed by atoms with van der Waals surface area (Å²) in [5.41, 5.74) is 4.42. The van der Waals surface area contributed by atoms with Crippen LogP contribution < -0.4 is 20.2 Å². The minimum absolute atomic E-state index is 0.00241. The first kappa shape index (κ1) is 28.8. The number of ether oxygens (including phenoxy) is 2. The molecular formula is C26H23BrCl3N3O4. The highest BCUT2D eigenvalue weighted by atomic mass is 79.9. The van der Waals surface area contributed by atoms with E-state index in [1.807, 2.05) is 6.92 Å². The summed E-state index contributed by atoms with van der Waals surface area (Å²) in [7, 11) is 0. The Morgan fingerprint density at radius 3 is 2.46 bits per heavy atom. The summed E-state index contributed by atoms with van der Waals surface area (Å²) in [4.78, 5) is 24.2. The lowest BCUT2D eigenvalue weighted by molar-refractivity contribution is -0.124. The summed E-state index contributed by atoms with van der Waals surface area (Å²) in [6.45, 7) is 2.49. The molecule has 0 aliphatic carbocycles. The van der Waals surface area contributed by atoms with Crippen LogP contribution >= 0.6 is 50.7 Å². The van der Waals surface area contributed by atoms with E-state index < -0.39 is 5.91 Å². The second-order valence-corrected chi connectivity index (χ2v) is 9.77. The standard InChI is InChI=1S/C26H23BrCl3N3O4/c1-2-36-23-11-16(10-21(27)26(23)37-15-17-6-7-19(29)13-22(17)30)14-31-33-25(35)9-8-24(34)32-20-5-3-4-18(28)12-20/h3-7,10-14H,2,8-9,15H2,1H3,(H,32,34)(H,33,35). The minimum Gasteiger partial charge on any atom is -0.490 e. The van der Waals surface area contributed by atoms with Gasteiger partial charge in [0.25, 0.3) is 0 Å². The smallest absolute Gasteiger partial charge is 0.240 e. The molecule has 2 N–H and O–H groups in total. The van der Waals surface area contributed by atoms with Crippen molar-refractivity contribution in [2.75, 3.05) is 11.9 Å². The highest BCUT2D eigenvalue weighted by Gasteiger charge is 2.13. The van der Waals surface area contributed by atoms with Crippen molar-refractivity contribution >= 4 is 74.4 Å². The number of amides is 2. The van der Waals surface area contributed by atoms with E-state index in [0.29, 0.717) is 48.9 Å². The lowest BCUT2D eigenvalue weighted by atomic mass is 10.2. The lowest BCUT2D eigenvalue weighted by Gasteiger charge is -2.15. The molecule has 7 nitrogen and oxygen atoms in total. The zero-order chi connectivity index (χ0) is 26.8. The van der Waals surface area contributed by atoms with Gasteiger partial charge in [-0.15, -0.1) is 0 Å². The fraction of sp³-hybridized carbons (Fsp3) is 0.192. The molecule has 0 radical (unpaired) electrons. The van der Waals surface area contributed by atoms with E-state index in [1.54, 1.807) is 54.6 Å². The first-order chi connectivity index (χ1) is 17.7. The van der Waals surface area contributed by atoms with Crippen LogP contribution in [0.25, 0.3) is 0 Å². The normalized spacial score (nSPS) is 10.8. The number of nitrogens with zero attached hydrogens (tertiary/aromatic N) is 1. The second-order valence-electron chi connectivity index (χ2n) is 7.64. The van der Waals surface area contributed by atoms with Gasteiger partial charge in [-0.05, 0) is 70.9 Å². The Balaban J connectivity index is 1.56. The molecule has 37 heavy (non-hydrogen) atoms. The Morgan fingerprint density at radius 2 is 1.73 bits per heavy atom. The van der Waals surface area contributed by atoms with E-state index in [2.05, 4.69) is 31.8 Å². The summed E-state index contributed by atoms with van der Waals surface area (Å²) in [6, 6.07) is 15.5. The van der Waals surface area contributed by atoms with Crippen molar-refractivity contribution in [1.82, 2.24) is 5.43 Å². The largest absolute Gasteiger partial charge is 0.490 e. The SMILES string of the molecule is CCOc1cc(C=NNC(=O)CCC(=O)Nc2cccc(Cl)c2)cc(Br)c1OCc1ccc(Cl)cc1Cl. The monoisotopic (exact) mass is 625 g/mol. The van der Waals surface area contributed by atoms with Crippen molar-refractivity contribution in [3.8, 4) is 11.5 Å². The van der Waals surface area contributed by atoms with Crippen LogP contribution in [0.4, 0.5) is 5.69 Å². The molecule has 0 bridgehead atoms. The van der Waals surface area contributed by atoms with Crippen molar-refractivity contribution in [2.45, 2.75) is 26.4 Å². The average molecular weight is 628 g/mol. The Kier molecular flexibility index (Phi) is 11.1. The molecule has 0 fully saturated rings. The van der Waals surface area contributed by atoms with Crippen LogP contribution in [0.15, 0.2) is 64.2 Å². The van der Waals surface area contributed by atoms with Crippen molar-refractivity contribution < 1.29 is 19.1 Å². The molecule has 0 saturated heterocycles. The maximum absolute atomic E-state index is 12.1. The molecule has 194 valence electrons. The van der Waals surface area contributed by atoms with Crippen molar-refractivity contribution in [1.29, 1.82) is 0 Å². The quantitative estimate of drug-likeness (QED) is 0.173. The molecule has 0 unspecified atom stereocenters. The number of carbonyl (C=O) groups excluding carboxylic acids is 2. The Labute approximate surface area is 238 Å². The van der Waals surface area contributed by atoms with Crippen molar-refractivity contribution in [2.24, 2.45) is 5.10 Å². The predicted octanol–water partition coefficient (Wildman–Crippen LogP) is 7.26. The van der Waals surface area contributed by atoms with Gasteiger partial charge in [0.2, 0.25) is 11.8 Å². The van der Waals surface area contributed by atoms with Gasteiger partial charge in [-0.3, -0.25) is 9.59 Å². The number of halogens is 4. The summed E-state index contributed by atoms with van der Waals surface area (Å²) in [5.74, 6) is 0.288. The van der Waals surface area contributed by atoms with Crippen LogP contribution in [0.2, 0.25) is 15.1 Å². The molecule has 3 aromatic carbocycles. The number of anilines is 1. The Bertz CT molecular complexity index is 1300. The third-order valence-corrected chi connectivity index (χ3v) is 6.22. The maximum atomic E-state index is 12.1. The molecule has 11 heteroatoms. The number of rotatable bonds is 11. The van der Waals surface area contributed by atoms with Gasteiger partial charge in [0.15, 0.2) is 11.5 Å². The summed E-state index contributed by atoms with van der Waals surface area (Å²) in [5, 5.41) is 8.22. The van der Waals surface area contributed by atoms with Crippen LogP contribution in [-0.2, 0) is 16.2 Å². The van der Waals surface area contributed by atoms with Gasteiger partial charge >= 0.3 is 0 Å². The van der Waals surface area contributed by atoms with Crippen LogP contribution in [0.5, 0.6) is 11.5 Å². The van der Waals surface area contributed by atoms with E-state index in [0.717, 1.165) is 5.56 Å². The number of hydrogen-bond acceptors (Lipinski definition) is 5. The maximum Gasteiger partial charge on any atom is 0.240 e. The predicted molar refractivity (Wildman–Crippen MR) is 151 cm³/mol. The van der Waals surface area contributed by atoms with Crippen molar-refractivity contribution in [3.63, 3.8) is 0 Å². The highest BCUT2D eigenvalue weighted by molar-refractivity contribution is 9.10. The fourth-order valence-corrected chi connectivity index (χ4v) is 4.33. The van der Waals surface area contributed by atoms with Gasteiger partial charge in [-0.2, -0.15) is 5.10 Å². The van der Waals surface area contributed by atoms with E-state index in [4.69, 9.17) is 44.3 Å². The minimum atomic E-state index is -0.401. The molecule has 0 heterocycles.